The number of carbonyl (C=O) groups excluding carboxylic acids is 5. The Balaban J connectivity index is 0.995. The minimum Gasteiger partial charge on any atom is -0.494 e. The van der Waals surface area contributed by atoms with Gasteiger partial charge in [-0.2, -0.15) is 5.26 Å². The van der Waals surface area contributed by atoms with Crippen LogP contribution in [0.15, 0.2) is 54.7 Å². The van der Waals surface area contributed by atoms with Gasteiger partial charge in [0.1, 0.15) is 30.1 Å². The molecule has 1 aromatic heterocycles. The number of aryl methyl sites for hydroxylation is 2. The van der Waals surface area contributed by atoms with E-state index >= 15 is 0 Å². The fraction of sp³-hybridized carbons (Fsp3) is 0.607. The smallest absolute Gasteiger partial charge is 0.317 e. The first-order valence-corrected chi connectivity index (χ1v) is 30.4. The van der Waals surface area contributed by atoms with E-state index in [2.05, 4.69) is 26.3 Å². The highest BCUT2D eigenvalue weighted by Gasteiger charge is 2.47. The maximum absolute atomic E-state index is 14.1. The first-order valence-electron chi connectivity index (χ1n) is 30.4. The van der Waals surface area contributed by atoms with Crippen molar-refractivity contribution >= 4 is 58.3 Å². The fourth-order valence-electron chi connectivity index (χ4n) is 11.1. The lowest BCUT2D eigenvalue weighted by atomic mass is 9.92. The van der Waals surface area contributed by atoms with Crippen molar-refractivity contribution in [1.29, 1.82) is 5.26 Å². The number of pyridine rings is 1. The molecule has 0 radical (unpaired) electrons. The third-order valence-electron chi connectivity index (χ3n) is 16.0. The number of nitrogens with zero attached hydrogens (tertiary/aromatic N) is 8. The van der Waals surface area contributed by atoms with Gasteiger partial charge in [0.25, 0.3) is 5.92 Å². The number of carboxylic acid groups (broad SMARTS) is 3. The van der Waals surface area contributed by atoms with Crippen molar-refractivity contribution in [1.82, 2.24) is 55.7 Å². The number of piperidine rings is 1. The number of likely N-dealkylation sites (tertiary alicyclic amines) is 2. The molecule has 0 spiro atoms. The Kier molecular flexibility index (Phi) is 28.2. The zero-order valence-corrected chi connectivity index (χ0v) is 50.8. The van der Waals surface area contributed by atoms with E-state index in [1.807, 2.05) is 31.2 Å². The number of hydrogen-bond donors (Lipinski definition) is 8. The van der Waals surface area contributed by atoms with Gasteiger partial charge < -0.3 is 55.7 Å². The maximum atomic E-state index is 14.1. The number of carboxylic acids is 3. The van der Waals surface area contributed by atoms with Crippen molar-refractivity contribution in [3.05, 3.63) is 71.4 Å². The summed E-state index contributed by atoms with van der Waals surface area (Å²) in [6, 6.07) is 13.2. The number of rotatable bonds is 31. The average molecular weight is 1250 g/mol. The van der Waals surface area contributed by atoms with Crippen LogP contribution < -0.4 is 26.0 Å². The number of nitriles is 1. The second-order valence-corrected chi connectivity index (χ2v) is 23.1. The Labute approximate surface area is 516 Å². The summed E-state index contributed by atoms with van der Waals surface area (Å²) in [4.78, 5) is 116. The molecule has 3 aliphatic rings. The molecule has 1 unspecified atom stereocenters. The van der Waals surface area contributed by atoms with E-state index in [1.165, 1.54) is 6.20 Å². The molecular formula is C61H86F2N12O14. The zero-order valence-electron chi connectivity index (χ0n) is 50.8. The Morgan fingerprint density at radius 3 is 1.97 bits per heavy atom. The van der Waals surface area contributed by atoms with Crippen molar-refractivity contribution in [3.63, 3.8) is 0 Å². The highest BCUT2D eigenvalue weighted by molar-refractivity contribution is 5.92. The summed E-state index contributed by atoms with van der Waals surface area (Å²) in [5, 5.41) is 60.9. The normalized spacial score (nSPS) is 18.6. The molecule has 0 bridgehead atoms. The van der Waals surface area contributed by atoms with Gasteiger partial charge in [-0.15, -0.1) is 0 Å². The number of hydrogen-bond acceptors (Lipinski definition) is 18. The Morgan fingerprint density at radius 2 is 1.37 bits per heavy atom. The molecule has 2 aromatic carbocycles. The van der Waals surface area contributed by atoms with Crippen LogP contribution in [0.4, 0.5) is 8.78 Å². The van der Waals surface area contributed by atoms with E-state index in [9.17, 15) is 72.8 Å². The highest BCUT2D eigenvalue weighted by atomic mass is 19.3. The summed E-state index contributed by atoms with van der Waals surface area (Å²) in [7, 11) is 0. The van der Waals surface area contributed by atoms with Gasteiger partial charge in [0.2, 0.25) is 29.5 Å². The van der Waals surface area contributed by atoms with E-state index in [0.29, 0.717) is 74.0 Å². The number of benzene rings is 2. The molecule has 3 saturated heterocycles. The number of aliphatic carboxylic acids is 3. The van der Waals surface area contributed by atoms with Gasteiger partial charge in [-0.25, -0.2) is 8.78 Å². The second kappa shape index (κ2) is 35.6. The largest absolute Gasteiger partial charge is 0.494 e. The molecule has 0 aliphatic carbocycles. The van der Waals surface area contributed by atoms with Gasteiger partial charge in [-0.1, -0.05) is 29.8 Å². The number of amides is 5. The maximum Gasteiger partial charge on any atom is 0.317 e. The lowest BCUT2D eigenvalue weighted by Gasteiger charge is -2.34. The van der Waals surface area contributed by atoms with Crippen LogP contribution in [0, 0.1) is 24.2 Å². The first kappa shape index (κ1) is 70.6. The third kappa shape index (κ3) is 24.4. The standard InChI is InChI=1S/C61H86F2N12O14/c1-42-8-10-44(11-9-42)5-3-7-52(76)66-19-32-88-31-17-51(69-53(77)37-70-22-24-71(38-55(79)80)26-28-73(40-57(83)84)29-27-72(25-23-70)39-56(81)82)59(86)68-43(2)60(87)74-20-15-45(16-21-74)6-4-30-89-47-12-13-50-49(33-47)48(14-18-65-50)58(85)67-36-54(78)75-41-61(62,63)34-46(75)35-64/h8-14,18,33,43,45-46,51,58,67,85H,3-7,15-17,19-32,34,36-41H2,1-2H3,(H,66,76)(H,68,86)(H,69,77)(H,79,80)(H,81,82)(H,83,84)/t43-,46+,51-,58?/m0/s1. The first-order chi connectivity index (χ1) is 42.5. The van der Waals surface area contributed by atoms with Gasteiger partial charge >= 0.3 is 17.9 Å². The molecule has 5 amide bonds. The average Bonchev–Trinajstić information content (AvgIpc) is 3.37. The number of aromatic nitrogens is 1. The molecule has 4 heterocycles. The molecule has 28 heteroatoms. The van der Waals surface area contributed by atoms with Crippen LogP contribution in [0.2, 0.25) is 0 Å². The van der Waals surface area contributed by atoms with Crippen LogP contribution in [-0.2, 0) is 49.5 Å². The summed E-state index contributed by atoms with van der Waals surface area (Å²) < 4.78 is 39.8. The molecule has 6 rings (SSSR count). The lowest BCUT2D eigenvalue weighted by molar-refractivity contribution is -0.140. The predicted octanol–water partition coefficient (Wildman–Crippen LogP) is 1.29. The minimum absolute atomic E-state index is 0.00585. The van der Waals surface area contributed by atoms with Crippen LogP contribution >= 0.6 is 0 Å². The van der Waals surface area contributed by atoms with Gasteiger partial charge in [0.15, 0.2) is 0 Å². The molecule has 89 heavy (non-hydrogen) atoms. The molecule has 26 nitrogen and oxygen atoms in total. The van der Waals surface area contributed by atoms with Gasteiger partial charge in [0.05, 0.1) is 64.1 Å². The van der Waals surface area contributed by atoms with E-state index in [0.717, 1.165) is 28.9 Å². The van der Waals surface area contributed by atoms with Crippen LogP contribution in [0.3, 0.4) is 0 Å². The van der Waals surface area contributed by atoms with Crippen molar-refractivity contribution in [2.24, 2.45) is 5.92 Å². The molecular weight excluding hydrogens is 1160 g/mol. The molecule has 488 valence electrons. The van der Waals surface area contributed by atoms with E-state index in [1.54, 1.807) is 61.8 Å². The Morgan fingerprint density at radius 1 is 0.764 bits per heavy atom. The van der Waals surface area contributed by atoms with Crippen molar-refractivity contribution in [3.8, 4) is 11.8 Å². The van der Waals surface area contributed by atoms with E-state index in [-0.39, 0.29) is 122 Å². The summed E-state index contributed by atoms with van der Waals surface area (Å²) in [5.74, 6) is -8.05. The summed E-state index contributed by atoms with van der Waals surface area (Å²) in [6.45, 7) is 3.97. The number of aliphatic hydroxyl groups is 1. The van der Waals surface area contributed by atoms with E-state index in [4.69, 9.17) is 9.47 Å². The molecule has 3 aromatic rings. The third-order valence-corrected chi connectivity index (χ3v) is 16.0. The number of fused-ring (bicyclic) bond motifs is 1. The number of halogens is 2. The SMILES string of the molecule is Cc1ccc(CCCC(=O)NCCOCC[C@H](NC(=O)CN2CCN(CC(=O)O)CCN(CC(=O)O)CCN(CC(=O)O)CC2)C(=O)N[C@@H](C)C(=O)N2CCC(CCCOc3ccc4nccc(C(O)NCC(=O)N5CC(F)(F)C[C@@H]5C#N)c4c3)CC2)cc1. The molecule has 3 fully saturated rings. The van der Waals surface area contributed by atoms with Crippen LogP contribution in [0.25, 0.3) is 10.9 Å². The number of ether oxygens (including phenoxy) is 2. The zero-order chi connectivity index (χ0) is 64.5. The second-order valence-electron chi connectivity index (χ2n) is 23.1. The Hall–Kier alpha value is -7.52. The van der Waals surface area contributed by atoms with Crippen LogP contribution in [0.1, 0.15) is 81.2 Å². The van der Waals surface area contributed by atoms with Gasteiger partial charge in [0, 0.05) is 109 Å². The molecule has 0 saturated carbocycles. The van der Waals surface area contributed by atoms with Crippen molar-refractivity contribution < 1.29 is 77.0 Å². The fourth-order valence-corrected chi connectivity index (χ4v) is 11.1. The van der Waals surface area contributed by atoms with Crippen molar-refractivity contribution in [2.75, 3.05) is 131 Å². The lowest BCUT2D eigenvalue weighted by Crippen LogP contribution is -2.56. The van der Waals surface area contributed by atoms with Crippen LogP contribution in [0.5, 0.6) is 5.75 Å². The predicted molar refractivity (Wildman–Crippen MR) is 320 cm³/mol. The molecule has 8 N–H and O–H groups in total. The Bertz CT molecular complexity index is 2860. The minimum atomic E-state index is -3.17. The van der Waals surface area contributed by atoms with E-state index < -0.39 is 85.4 Å². The van der Waals surface area contributed by atoms with Gasteiger partial charge in [-0.05, 0) is 94.5 Å². The highest BCUT2D eigenvalue weighted by Crippen LogP contribution is 2.32. The number of carbonyl (C=O) groups is 8. The summed E-state index contributed by atoms with van der Waals surface area (Å²) in [5.41, 5.74) is 3.22. The topological polar surface area (TPSA) is 340 Å². The quantitative estimate of drug-likeness (QED) is 0.0332. The van der Waals surface area contributed by atoms with Crippen molar-refractivity contribution in [2.45, 2.75) is 102 Å². The molecule has 3 aliphatic heterocycles. The molecule has 4 atom stereocenters. The number of alkyl halides is 2. The number of nitrogens with one attached hydrogen (secondary N) is 4. The summed E-state index contributed by atoms with van der Waals surface area (Å²) in [6.07, 6.45) is 4.02. The van der Waals surface area contributed by atoms with Crippen LogP contribution in [-0.4, -0.2) is 257 Å². The monoisotopic (exact) mass is 1250 g/mol. The summed E-state index contributed by atoms with van der Waals surface area (Å²) >= 11 is 0. The van der Waals surface area contributed by atoms with Gasteiger partial charge in [-0.3, -0.25) is 68.3 Å². The number of aliphatic hydroxyl groups excluding tert-OH is 1.